The number of hydrogen-bond acceptors (Lipinski definition) is 8. The summed E-state index contributed by atoms with van der Waals surface area (Å²) in [6, 6.07) is 5.63. The molecule has 2 saturated heterocycles. The molecule has 6 heterocycles. The van der Waals surface area contributed by atoms with E-state index in [4.69, 9.17) is 15.8 Å². The van der Waals surface area contributed by atoms with Gasteiger partial charge in [-0.2, -0.15) is 5.10 Å². The molecule has 11 nitrogen and oxygen atoms in total. The van der Waals surface area contributed by atoms with Gasteiger partial charge in [0, 0.05) is 55.3 Å². The number of pyridine rings is 1. The SMILES string of the molecule is Cc1cn2nc([C@@H]3CCCCN3C(=O)c3ccnc(-n4cnnc4)c3)cc2nc1N1CC[C@H](N)C1. The van der Waals surface area contributed by atoms with Gasteiger partial charge in [0.05, 0.1) is 11.7 Å². The number of likely N-dealkylation sites (tertiary alicyclic amines) is 1. The van der Waals surface area contributed by atoms with Crippen molar-refractivity contribution in [2.45, 2.75) is 44.7 Å². The Kier molecular flexibility index (Phi) is 5.40. The Morgan fingerprint density at radius 3 is 2.77 bits per heavy atom. The number of rotatable bonds is 4. The number of carbonyl (C=O) groups is 1. The molecule has 0 bridgehead atoms. The number of fused-ring (bicyclic) bond motifs is 1. The number of nitrogens with zero attached hydrogens (tertiary/aromatic N) is 9. The maximum absolute atomic E-state index is 13.6. The zero-order valence-corrected chi connectivity index (χ0v) is 19.7. The molecule has 6 rings (SSSR count). The summed E-state index contributed by atoms with van der Waals surface area (Å²) < 4.78 is 3.52. The van der Waals surface area contributed by atoms with E-state index < -0.39 is 0 Å². The third kappa shape index (κ3) is 4.01. The maximum Gasteiger partial charge on any atom is 0.254 e. The van der Waals surface area contributed by atoms with Gasteiger partial charge in [-0.1, -0.05) is 0 Å². The van der Waals surface area contributed by atoms with E-state index in [0.717, 1.165) is 61.5 Å². The number of piperidine rings is 1. The van der Waals surface area contributed by atoms with Gasteiger partial charge >= 0.3 is 0 Å². The second-order valence-corrected chi connectivity index (χ2v) is 9.40. The summed E-state index contributed by atoms with van der Waals surface area (Å²) in [5.41, 5.74) is 9.43. The fourth-order valence-corrected chi connectivity index (χ4v) is 5.14. The Balaban J connectivity index is 1.31. The highest BCUT2D eigenvalue weighted by Crippen LogP contribution is 2.33. The molecule has 0 aliphatic carbocycles. The molecule has 2 fully saturated rings. The van der Waals surface area contributed by atoms with E-state index in [-0.39, 0.29) is 18.0 Å². The smallest absolute Gasteiger partial charge is 0.254 e. The van der Waals surface area contributed by atoms with Crippen LogP contribution in [0.3, 0.4) is 0 Å². The fraction of sp³-hybridized carbons (Fsp3) is 0.417. The van der Waals surface area contributed by atoms with Crippen LogP contribution in [0.4, 0.5) is 5.82 Å². The van der Waals surface area contributed by atoms with Crippen LogP contribution < -0.4 is 10.6 Å². The van der Waals surface area contributed by atoms with Gasteiger partial charge in [-0.25, -0.2) is 14.5 Å². The van der Waals surface area contributed by atoms with E-state index in [9.17, 15) is 4.79 Å². The lowest BCUT2D eigenvalue weighted by atomic mass is 9.98. The number of hydrogen-bond donors (Lipinski definition) is 1. The third-order valence-electron chi connectivity index (χ3n) is 6.93. The molecule has 4 aromatic heterocycles. The molecular weight excluding hydrogens is 444 g/mol. The Morgan fingerprint density at radius 2 is 1.97 bits per heavy atom. The molecule has 2 aliphatic heterocycles. The van der Waals surface area contributed by atoms with Crippen LogP contribution in [0.1, 0.15) is 53.3 Å². The molecular formula is C24H28N10O. The first-order chi connectivity index (χ1) is 17.1. The van der Waals surface area contributed by atoms with Crippen LogP contribution in [0.25, 0.3) is 11.5 Å². The molecule has 0 radical (unpaired) electrons. The number of anilines is 1. The minimum Gasteiger partial charge on any atom is -0.355 e. The lowest BCUT2D eigenvalue weighted by molar-refractivity contribution is 0.0605. The normalized spacial score (nSPS) is 20.6. The van der Waals surface area contributed by atoms with Crippen LogP contribution in [0.5, 0.6) is 0 Å². The number of carbonyl (C=O) groups excluding carboxylic acids is 1. The molecule has 2 aliphatic rings. The average molecular weight is 473 g/mol. The van der Waals surface area contributed by atoms with Gasteiger partial charge in [0.25, 0.3) is 5.91 Å². The summed E-state index contributed by atoms with van der Waals surface area (Å²) in [5.74, 6) is 1.54. The lowest BCUT2D eigenvalue weighted by Crippen LogP contribution is -2.38. The van der Waals surface area contributed by atoms with Gasteiger partial charge in [-0.3, -0.25) is 9.36 Å². The van der Waals surface area contributed by atoms with Gasteiger partial charge in [0.15, 0.2) is 5.65 Å². The highest BCUT2D eigenvalue weighted by atomic mass is 16.2. The van der Waals surface area contributed by atoms with Crippen LogP contribution in [-0.2, 0) is 0 Å². The second kappa shape index (κ2) is 8.73. The largest absolute Gasteiger partial charge is 0.355 e. The zero-order valence-electron chi connectivity index (χ0n) is 19.7. The monoisotopic (exact) mass is 472 g/mol. The standard InChI is InChI=1S/C24H28N10O/c1-16-12-34-22(29-23(16)31-9-6-18(25)13-31)11-19(30-34)20-4-2-3-8-33(20)24(35)17-5-7-26-21(10-17)32-14-27-28-15-32/h5,7,10-12,14-15,18,20H,2-4,6,8-9,13,25H2,1H3/t18-,20-/m0/s1. The fourth-order valence-electron chi connectivity index (χ4n) is 5.14. The van der Waals surface area contributed by atoms with Crippen molar-refractivity contribution in [1.29, 1.82) is 0 Å². The maximum atomic E-state index is 13.6. The van der Waals surface area contributed by atoms with Crippen molar-refractivity contribution in [3.8, 4) is 5.82 Å². The highest BCUT2D eigenvalue weighted by molar-refractivity contribution is 5.95. The number of nitrogens with two attached hydrogens (primary N) is 1. The average Bonchev–Trinajstić information content (AvgIpc) is 3.64. The van der Waals surface area contributed by atoms with E-state index in [2.05, 4.69) is 27.0 Å². The molecule has 2 N–H and O–H groups in total. The first kappa shape index (κ1) is 21.7. The predicted octanol–water partition coefficient (Wildman–Crippen LogP) is 1.92. The first-order valence-electron chi connectivity index (χ1n) is 12.1. The van der Waals surface area contributed by atoms with E-state index in [1.165, 1.54) is 0 Å². The van der Waals surface area contributed by atoms with Crippen molar-refractivity contribution in [2.75, 3.05) is 24.5 Å². The summed E-state index contributed by atoms with van der Waals surface area (Å²) in [7, 11) is 0. The van der Waals surface area contributed by atoms with Crippen molar-refractivity contribution < 1.29 is 4.79 Å². The molecule has 35 heavy (non-hydrogen) atoms. The molecule has 4 aromatic rings. The van der Waals surface area contributed by atoms with Crippen LogP contribution in [0.15, 0.2) is 43.2 Å². The quantitative estimate of drug-likeness (QED) is 0.478. The highest BCUT2D eigenvalue weighted by Gasteiger charge is 2.31. The zero-order chi connectivity index (χ0) is 23.9. The summed E-state index contributed by atoms with van der Waals surface area (Å²) in [6.07, 6.45) is 10.7. The molecule has 0 aromatic carbocycles. The molecule has 0 saturated carbocycles. The van der Waals surface area contributed by atoms with E-state index in [1.54, 1.807) is 35.6 Å². The second-order valence-electron chi connectivity index (χ2n) is 9.40. The Labute approximate surface area is 202 Å². The molecule has 180 valence electrons. The topological polar surface area (TPSA) is 123 Å². The van der Waals surface area contributed by atoms with Crippen molar-refractivity contribution in [1.82, 2.24) is 39.2 Å². The van der Waals surface area contributed by atoms with Crippen molar-refractivity contribution >= 4 is 17.4 Å². The molecule has 2 atom stereocenters. The number of aryl methyl sites for hydroxylation is 1. The predicted molar refractivity (Wildman–Crippen MR) is 129 cm³/mol. The number of aromatic nitrogens is 7. The summed E-state index contributed by atoms with van der Waals surface area (Å²) in [6.45, 7) is 4.48. The van der Waals surface area contributed by atoms with Gasteiger partial charge in [0.2, 0.25) is 0 Å². The van der Waals surface area contributed by atoms with E-state index in [0.29, 0.717) is 17.9 Å². The lowest BCUT2D eigenvalue weighted by Gasteiger charge is -2.34. The summed E-state index contributed by atoms with van der Waals surface area (Å²) in [5, 5.41) is 12.5. The minimum absolute atomic E-state index is 0.0284. The van der Waals surface area contributed by atoms with E-state index in [1.807, 2.05) is 21.7 Å². The number of amides is 1. The molecule has 0 spiro atoms. The van der Waals surface area contributed by atoms with Gasteiger partial charge in [-0.05, 0) is 44.7 Å². The van der Waals surface area contributed by atoms with Crippen LogP contribution in [0, 0.1) is 6.92 Å². The third-order valence-corrected chi connectivity index (χ3v) is 6.93. The van der Waals surface area contributed by atoms with Crippen molar-refractivity contribution in [3.05, 3.63) is 60.1 Å². The summed E-state index contributed by atoms with van der Waals surface area (Å²) >= 11 is 0. The first-order valence-corrected chi connectivity index (χ1v) is 12.1. The Bertz CT molecular complexity index is 1360. The van der Waals surface area contributed by atoms with Gasteiger partial charge in [0.1, 0.15) is 24.3 Å². The Morgan fingerprint density at radius 1 is 1.11 bits per heavy atom. The van der Waals surface area contributed by atoms with Gasteiger partial charge in [-0.15, -0.1) is 10.2 Å². The van der Waals surface area contributed by atoms with E-state index >= 15 is 0 Å². The minimum atomic E-state index is -0.103. The Hall–Kier alpha value is -3.86. The van der Waals surface area contributed by atoms with Crippen LogP contribution in [0.2, 0.25) is 0 Å². The van der Waals surface area contributed by atoms with Crippen molar-refractivity contribution in [2.24, 2.45) is 5.73 Å². The summed E-state index contributed by atoms with van der Waals surface area (Å²) in [4.78, 5) is 27.1. The molecule has 0 unspecified atom stereocenters. The molecule has 11 heteroatoms. The van der Waals surface area contributed by atoms with Crippen LogP contribution >= 0.6 is 0 Å². The molecule has 1 amide bonds. The van der Waals surface area contributed by atoms with Crippen LogP contribution in [-0.4, -0.2) is 70.8 Å². The van der Waals surface area contributed by atoms with Crippen molar-refractivity contribution in [3.63, 3.8) is 0 Å². The van der Waals surface area contributed by atoms with Gasteiger partial charge < -0.3 is 15.5 Å².